The van der Waals surface area contributed by atoms with E-state index in [4.69, 9.17) is 20.1 Å². The van der Waals surface area contributed by atoms with Crippen LogP contribution in [0.4, 0.5) is 10.5 Å². The molecule has 6 aromatic carbocycles. The van der Waals surface area contributed by atoms with E-state index in [2.05, 4.69) is 84.9 Å². The second kappa shape index (κ2) is 18.7. The summed E-state index contributed by atoms with van der Waals surface area (Å²) in [7, 11) is 1.68. The van der Waals surface area contributed by atoms with Gasteiger partial charge >= 0.3 is 11.8 Å². The number of benzene rings is 6. The minimum Gasteiger partial charge on any atom is -0.449 e. The van der Waals surface area contributed by atoms with Crippen LogP contribution in [0.5, 0.6) is 0 Å². The van der Waals surface area contributed by atoms with Crippen LogP contribution >= 0.6 is 0 Å². The van der Waals surface area contributed by atoms with Crippen LogP contribution in [0.15, 0.2) is 175 Å². The number of aromatic nitrogens is 7. The lowest BCUT2D eigenvalue weighted by Gasteiger charge is -2.36. The first-order chi connectivity index (χ1) is 30.0. The molecule has 0 saturated carbocycles. The number of amides is 1. The molecule has 0 N–H and O–H groups in total. The maximum Gasteiger partial charge on any atom is 0.414 e. The lowest BCUT2D eigenvalue weighted by molar-refractivity contribution is 0.151. The predicted octanol–water partition coefficient (Wildman–Crippen LogP) is 9.26. The average Bonchev–Trinajstić information content (AvgIpc) is 3.93. The molecule has 0 aliphatic carbocycles. The topological polar surface area (TPSA) is 113 Å². The zero-order valence-corrected chi connectivity index (χ0v) is 34.4. The van der Waals surface area contributed by atoms with Crippen molar-refractivity contribution in [3.05, 3.63) is 208 Å². The van der Waals surface area contributed by atoms with Gasteiger partial charge in [0, 0.05) is 37.7 Å². The molecule has 0 bridgehead atoms. The van der Waals surface area contributed by atoms with E-state index >= 15 is 0 Å². The van der Waals surface area contributed by atoms with E-state index in [0.717, 1.165) is 63.3 Å². The first-order valence-electron chi connectivity index (χ1n) is 20.7. The van der Waals surface area contributed by atoms with Crippen molar-refractivity contribution >= 4 is 11.8 Å². The van der Waals surface area contributed by atoms with E-state index in [9.17, 15) is 9.59 Å². The molecule has 0 fully saturated rings. The number of hydrogen-bond donors (Lipinski definition) is 0. The van der Waals surface area contributed by atoms with Crippen LogP contribution in [0.25, 0.3) is 22.5 Å². The number of nitrogens with zero attached hydrogens (tertiary/aromatic N) is 8. The van der Waals surface area contributed by atoms with Gasteiger partial charge in [-0.3, -0.25) is 9.47 Å². The Balaban J connectivity index is 1.07. The van der Waals surface area contributed by atoms with Gasteiger partial charge in [0.15, 0.2) is 5.82 Å². The van der Waals surface area contributed by atoms with Crippen molar-refractivity contribution in [3.63, 3.8) is 0 Å². The molecule has 61 heavy (non-hydrogen) atoms. The molecule has 0 atom stereocenters. The highest BCUT2D eigenvalue weighted by Crippen LogP contribution is 2.43. The molecule has 8 rings (SSSR count). The summed E-state index contributed by atoms with van der Waals surface area (Å²) in [5.74, 6) is 1.36. The maximum atomic E-state index is 13.8. The second-order valence-electron chi connectivity index (χ2n) is 14.9. The summed E-state index contributed by atoms with van der Waals surface area (Å²) in [5.41, 5.74) is 6.55. The molecule has 0 unspecified atom stereocenters. The Kier molecular flexibility index (Phi) is 12.4. The molecule has 0 aliphatic heterocycles. The van der Waals surface area contributed by atoms with E-state index in [1.807, 2.05) is 102 Å². The molecule has 8 aromatic rings. The largest absolute Gasteiger partial charge is 0.449 e. The van der Waals surface area contributed by atoms with Crippen LogP contribution in [0, 0.1) is 0 Å². The van der Waals surface area contributed by atoms with Crippen molar-refractivity contribution in [2.45, 2.75) is 51.2 Å². The first kappa shape index (κ1) is 40.4. The summed E-state index contributed by atoms with van der Waals surface area (Å²) < 4.78 is 10.7. The predicted molar refractivity (Wildman–Crippen MR) is 238 cm³/mol. The Bertz CT molecular complexity index is 2620. The molecule has 2 heterocycles. The second-order valence-corrected chi connectivity index (χ2v) is 14.9. The van der Waals surface area contributed by atoms with Gasteiger partial charge in [-0.2, -0.15) is 5.10 Å². The van der Waals surface area contributed by atoms with Gasteiger partial charge in [0.25, 0.3) is 0 Å². The van der Waals surface area contributed by atoms with Crippen molar-refractivity contribution in [2.24, 2.45) is 0 Å². The summed E-state index contributed by atoms with van der Waals surface area (Å²) in [6.07, 6.45) is 2.59. The maximum absolute atomic E-state index is 13.8. The molecule has 11 heteroatoms. The Hall–Kier alpha value is -7.40. The van der Waals surface area contributed by atoms with Crippen LogP contribution in [0.1, 0.15) is 54.3 Å². The fraction of sp³-hybridized carbons (Fsp3) is 0.200. The number of aryl methyl sites for hydroxylation is 2. The molecule has 0 saturated heterocycles. The van der Waals surface area contributed by atoms with Crippen LogP contribution in [0.2, 0.25) is 0 Å². The van der Waals surface area contributed by atoms with Gasteiger partial charge in [0.2, 0.25) is 0 Å². The van der Waals surface area contributed by atoms with Gasteiger partial charge in [-0.25, -0.2) is 19.0 Å². The molecule has 0 spiro atoms. The standard InChI is InChI=1S/C50H48N8O3/c1-3-4-30-46-52-57(35-19-36-61-49(60)55(2)43-26-15-8-16-27-43)48(59)56(46)37-38-31-33-39(34-32-38)44-28-17-18-29-45(44)47-51-53-54-58(47)50(40-20-9-5-10-21-40,41-22-11-6-12-23-41)42-24-13-7-14-25-42/h5-18,20-29,31-34H,3-4,19,30,35-37H2,1-2H3. The monoisotopic (exact) mass is 808 g/mol. The van der Waals surface area contributed by atoms with Crippen molar-refractivity contribution in [2.75, 3.05) is 18.6 Å². The van der Waals surface area contributed by atoms with Crippen LogP contribution in [-0.2, 0) is 29.8 Å². The minimum absolute atomic E-state index is 0.167. The van der Waals surface area contributed by atoms with Gasteiger partial charge in [-0.1, -0.05) is 171 Å². The quantitative estimate of drug-likeness (QED) is 0.0707. The lowest BCUT2D eigenvalue weighted by atomic mass is 9.77. The number of tetrazole rings is 1. The molecule has 11 nitrogen and oxygen atoms in total. The highest BCUT2D eigenvalue weighted by atomic mass is 16.6. The summed E-state index contributed by atoms with van der Waals surface area (Å²) in [5, 5.41) is 18.5. The number of rotatable bonds is 16. The summed E-state index contributed by atoms with van der Waals surface area (Å²) in [4.78, 5) is 27.9. The van der Waals surface area contributed by atoms with Gasteiger partial charge in [0.05, 0.1) is 13.2 Å². The van der Waals surface area contributed by atoms with E-state index in [1.54, 1.807) is 11.6 Å². The van der Waals surface area contributed by atoms with Gasteiger partial charge in [-0.05, 0) is 62.4 Å². The van der Waals surface area contributed by atoms with E-state index in [0.29, 0.717) is 31.8 Å². The smallest absolute Gasteiger partial charge is 0.414 e. The SMILES string of the molecule is CCCCc1nn(CCCOC(=O)N(C)c2ccccc2)c(=O)n1Cc1ccc(-c2ccccc2-c2nnnn2C(c2ccccc2)(c2ccccc2)c2ccccc2)cc1. The molecule has 0 radical (unpaired) electrons. The number of para-hydroxylation sites is 1. The third kappa shape index (κ3) is 8.40. The Morgan fingerprint density at radius 2 is 1.25 bits per heavy atom. The van der Waals surface area contributed by atoms with E-state index < -0.39 is 11.6 Å². The van der Waals surface area contributed by atoms with Crippen molar-refractivity contribution in [1.82, 2.24) is 34.6 Å². The molecule has 1 amide bonds. The zero-order valence-electron chi connectivity index (χ0n) is 34.4. The zero-order chi connectivity index (χ0) is 42.0. The summed E-state index contributed by atoms with van der Waals surface area (Å²) >= 11 is 0. The van der Waals surface area contributed by atoms with Crippen LogP contribution in [0.3, 0.4) is 0 Å². The van der Waals surface area contributed by atoms with Gasteiger partial charge < -0.3 is 4.74 Å². The fourth-order valence-electron chi connectivity index (χ4n) is 7.93. The number of hydrogen-bond acceptors (Lipinski definition) is 7. The van der Waals surface area contributed by atoms with Crippen molar-refractivity contribution < 1.29 is 9.53 Å². The highest BCUT2D eigenvalue weighted by Gasteiger charge is 2.42. The fourth-order valence-corrected chi connectivity index (χ4v) is 7.93. The number of ether oxygens (including phenoxy) is 1. The van der Waals surface area contributed by atoms with Crippen molar-refractivity contribution in [1.29, 1.82) is 0 Å². The van der Waals surface area contributed by atoms with E-state index in [1.165, 1.54) is 9.58 Å². The minimum atomic E-state index is -0.893. The molecule has 0 aliphatic rings. The Morgan fingerprint density at radius 1 is 0.689 bits per heavy atom. The summed E-state index contributed by atoms with van der Waals surface area (Å²) in [6, 6.07) is 56.9. The van der Waals surface area contributed by atoms with Crippen molar-refractivity contribution in [3.8, 4) is 22.5 Å². The third-order valence-electron chi connectivity index (χ3n) is 11.0. The number of carbonyl (C=O) groups excluding carboxylic acids is 1. The first-order valence-corrected chi connectivity index (χ1v) is 20.7. The Labute approximate surface area is 355 Å². The third-order valence-corrected chi connectivity index (χ3v) is 11.0. The molecule has 2 aromatic heterocycles. The number of unbranched alkanes of at least 4 members (excludes halogenated alkanes) is 1. The average molecular weight is 809 g/mol. The normalized spacial score (nSPS) is 11.4. The van der Waals surface area contributed by atoms with Crippen LogP contribution in [-0.4, -0.2) is 54.3 Å². The summed E-state index contributed by atoms with van der Waals surface area (Å²) in [6.45, 7) is 3.01. The molecular formula is C50H48N8O3. The molecule has 306 valence electrons. The van der Waals surface area contributed by atoms with Crippen LogP contribution < -0.4 is 10.6 Å². The highest BCUT2D eigenvalue weighted by molar-refractivity contribution is 5.86. The molecular weight excluding hydrogens is 761 g/mol. The number of anilines is 1. The van der Waals surface area contributed by atoms with Gasteiger partial charge in [-0.15, -0.1) is 5.10 Å². The lowest BCUT2D eigenvalue weighted by Crippen LogP contribution is -2.39. The van der Waals surface area contributed by atoms with Gasteiger partial charge in [0.1, 0.15) is 11.4 Å². The van der Waals surface area contributed by atoms with E-state index in [-0.39, 0.29) is 12.3 Å². The Morgan fingerprint density at radius 3 is 1.84 bits per heavy atom. The number of carbonyl (C=O) groups is 1.